The molecule has 0 N–H and O–H groups in total. The smallest absolute Gasteiger partial charge is 0.0708 e. The molecular formula is C51H39NS. The van der Waals surface area contributed by atoms with Crippen LogP contribution in [0.15, 0.2) is 188 Å². The molecule has 2 aromatic heterocycles. The summed E-state index contributed by atoms with van der Waals surface area (Å²) in [6, 6.07) is 66.5. The number of aryl methyl sites for hydroxylation is 4. The Hall–Kier alpha value is -6.09. The quantitative estimate of drug-likeness (QED) is 0.139. The number of pyridine rings is 1. The van der Waals surface area contributed by atoms with E-state index in [9.17, 15) is 0 Å². The predicted octanol–water partition coefficient (Wildman–Crippen LogP) is 13.7. The van der Waals surface area contributed by atoms with Crippen molar-refractivity contribution < 1.29 is 0 Å². The van der Waals surface area contributed by atoms with E-state index in [1.54, 1.807) is 0 Å². The lowest BCUT2D eigenvalue weighted by molar-refractivity contribution is 0.931. The first-order chi connectivity index (χ1) is 26.2. The first kappa shape index (κ1) is 32.8. The van der Waals surface area contributed by atoms with Crippen molar-refractivity contribution in [2.75, 3.05) is 0 Å². The van der Waals surface area contributed by atoms with Crippen molar-refractivity contribution in [2.24, 2.45) is 0 Å². The Labute approximate surface area is 315 Å². The zero-order chi connectivity index (χ0) is 35.4. The molecule has 0 amide bonds. The summed E-state index contributed by atoms with van der Waals surface area (Å²) in [5.74, 6) is 0. The van der Waals surface area contributed by atoms with Gasteiger partial charge in [-0.2, -0.15) is 0 Å². The van der Waals surface area contributed by atoms with Crippen LogP contribution in [0.4, 0.5) is 0 Å². The van der Waals surface area contributed by atoms with Crippen molar-refractivity contribution in [1.82, 2.24) is 4.98 Å². The van der Waals surface area contributed by atoms with Crippen LogP contribution in [-0.4, -0.2) is 4.98 Å². The van der Waals surface area contributed by atoms with Gasteiger partial charge in [-0.1, -0.05) is 158 Å². The van der Waals surface area contributed by atoms with E-state index in [-0.39, 0.29) is 0 Å². The van der Waals surface area contributed by atoms with Crippen LogP contribution in [0.2, 0.25) is 0 Å². The lowest BCUT2D eigenvalue weighted by Gasteiger charge is -2.15. The predicted molar refractivity (Wildman–Crippen MR) is 227 cm³/mol. The largest absolute Gasteiger partial charge is 0.256 e. The van der Waals surface area contributed by atoms with Crippen molar-refractivity contribution in [2.45, 2.75) is 25.7 Å². The van der Waals surface area contributed by atoms with Crippen molar-refractivity contribution in [3.05, 3.63) is 210 Å². The van der Waals surface area contributed by atoms with Gasteiger partial charge in [-0.15, -0.1) is 11.3 Å². The second-order valence-electron chi connectivity index (χ2n) is 13.9. The average Bonchev–Trinajstić information content (AvgIpc) is 3.61. The molecule has 0 fully saturated rings. The Bertz CT molecular complexity index is 2590. The van der Waals surface area contributed by atoms with Crippen LogP contribution in [0.1, 0.15) is 22.3 Å². The normalized spacial score (nSPS) is 11.3. The van der Waals surface area contributed by atoms with Gasteiger partial charge in [-0.05, 0) is 106 Å². The number of aromatic nitrogens is 1. The Kier molecular flexibility index (Phi) is 9.20. The van der Waals surface area contributed by atoms with E-state index in [0.29, 0.717) is 0 Å². The molecule has 0 radical (unpaired) electrons. The van der Waals surface area contributed by atoms with Crippen molar-refractivity contribution in [3.8, 4) is 44.6 Å². The monoisotopic (exact) mass is 697 g/mol. The van der Waals surface area contributed by atoms with Crippen LogP contribution < -0.4 is 0 Å². The van der Waals surface area contributed by atoms with Gasteiger partial charge in [0.2, 0.25) is 0 Å². The molecule has 0 unspecified atom stereocenters. The molecule has 9 rings (SSSR count). The van der Waals surface area contributed by atoms with E-state index in [1.165, 1.54) is 75.8 Å². The number of thiophene rings is 1. The third-order valence-corrected chi connectivity index (χ3v) is 11.5. The maximum absolute atomic E-state index is 4.80. The Balaban J connectivity index is 1.01. The molecular weight excluding hydrogens is 659 g/mol. The fraction of sp³-hybridized carbons (Fsp3) is 0.0784. The fourth-order valence-corrected chi connectivity index (χ4v) is 8.70. The Morgan fingerprint density at radius 1 is 0.340 bits per heavy atom. The van der Waals surface area contributed by atoms with Crippen LogP contribution >= 0.6 is 11.3 Å². The molecule has 254 valence electrons. The number of nitrogens with zero attached hydrogens (tertiary/aromatic N) is 1. The fourth-order valence-electron chi connectivity index (χ4n) is 7.55. The lowest BCUT2D eigenvalue weighted by Crippen LogP contribution is -1.97. The van der Waals surface area contributed by atoms with E-state index in [1.807, 2.05) is 17.5 Å². The highest BCUT2D eigenvalue weighted by Crippen LogP contribution is 2.38. The standard InChI is InChI=1S/C51H39NS/c1-3-11-36(12-4-1)19-21-38-31-39(22-20-37-13-5-2-6-14-37)33-44(32-38)46-16-8-7-15-45(46)40-23-25-41(26-24-40)49-34-43(29-30-52-49)42-27-28-48-47-17-9-10-18-50(47)53-51(48)35-42/h1-18,23-35H,19-22H2. The number of fused-ring (bicyclic) bond motifs is 3. The van der Waals surface area contributed by atoms with Gasteiger partial charge in [0.1, 0.15) is 0 Å². The first-order valence-corrected chi connectivity index (χ1v) is 19.3. The molecule has 0 spiro atoms. The summed E-state index contributed by atoms with van der Waals surface area (Å²) in [5.41, 5.74) is 15.0. The minimum Gasteiger partial charge on any atom is -0.256 e. The zero-order valence-corrected chi connectivity index (χ0v) is 30.4. The molecule has 53 heavy (non-hydrogen) atoms. The van der Waals surface area contributed by atoms with Gasteiger partial charge in [0.05, 0.1) is 5.69 Å². The van der Waals surface area contributed by atoms with Gasteiger partial charge in [-0.25, -0.2) is 0 Å². The van der Waals surface area contributed by atoms with E-state index >= 15 is 0 Å². The summed E-state index contributed by atoms with van der Waals surface area (Å²) in [6.07, 6.45) is 6.01. The van der Waals surface area contributed by atoms with Crippen LogP contribution in [-0.2, 0) is 25.7 Å². The van der Waals surface area contributed by atoms with Crippen LogP contribution in [0, 0.1) is 0 Å². The highest BCUT2D eigenvalue weighted by Gasteiger charge is 2.12. The molecule has 0 saturated heterocycles. The van der Waals surface area contributed by atoms with E-state index in [0.717, 1.165) is 36.9 Å². The zero-order valence-electron chi connectivity index (χ0n) is 29.6. The molecule has 9 aromatic rings. The number of benzene rings is 7. The molecule has 0 bridgehead atoms. The molecule has 2 heteroatoms. The van der Waals surface area contributed by atoms with Crippen LogP contribution in [0.3, 0.4) is 0 Å². The third-order valence-electron chi connectivity index (χ3n) is 10.3. The first-order valence-electron chi connectivity index (χ1n) is 18.5. The van der Waals surface area contributed by atoms with Gasteiger partial charge in [0, 0.05) is 31.9 Å². The van der Waals surface area contributed by atoms with E-state index in [2.05, 4.69) is 182 Å². The third kappa shape index (κ3) is 7.20. The van der Waals surface area contributed by atoms with Gasteiger partial charge >= 0.3 is 0 Å². The molecule has 1 nitrogen and oxygen atoms in total. The Morgan fingerprint density at radius 2 is 0.868 bits per heavy atom. The number of hydrogen-bond donors (Lipinski definition) is 0. The summed E-state index contributed by atoms with van der Waals surface area (Å²) in [4.78, 5) is 4.80. The van der Waals surface area contributed by atoms with Crippen molar-refractivity contribution in [1.29, 1.82) is 0 Å². The van der Waals surface area contributed by atoms with Gasteiger partial charge in [0.25, 0.3) is 0 Å². The van der Waals surface area contributed by atoms with Gasteiger partial charge in [0.15, 0.2) is 0 Å². The molecule has 0 aliphatic rings. The Morgan fingerprint density at radius 3 is 1.57 bits per heavy atom. The summed E-state index contributed by atoms with van der Waals surface area (Å²) in [5, 5.41) is 2.65. The second-order valence-corrected chi connectivity index (χ2v) is 15.0. The molecule has 2 heterocycles. The van der Waals surface area contributed by atoms with E-state index < -0.39 is 0 Å². The summed E-state index contributed by atoms with van der Waals surface area (Å²) < 4.78 is 2.64. The SMILES string of the molecule is c1ccc(CCc2cc(CCc3ccccc3)cc(-c3ccccc3-c3ccc(-c4cc(-c5ccc6c(c5)sc5ccccc56)ccn4)cc3)c2)cc1. The highest BCUT2D eigenvalue weighted by atomic mass is 32.1. The lowest BCUT2D eigenvalue weighted by atomic mass is 9.90. The van der Waals surface area contributed by atoms with Gasteiger partial charge in [-0.3, -0.25) is 4.98 Å². The van der Waals surface area contributed by atoms with E-state index in [4.69, 9.17) is 4.98 Å². The summed E-state index contributed by atoms with van der Waals surface area (Å²) in [6.45, 7) is 0. The maximum Gasteiger partial charge on any atom is 0.0708 e. The minimum absolute atomic E-state index is 0.980. The van der Waals surface area contributed by atoms with Crippen molar-refractivity contribution in [3.63, 3.8) is 0 Å². The van der Waals surface area contributed by atoms with Crippen LogP contribution in [0.5, 0.6) is 0 Å². The molecule has 0 saturated carbocycles. The molecule has 7 aromatic carbocycles. The van der Waals surface area contributed by atoms with Crippen molar-refractivity contribution >= 4 is 31.5 Å². The number of rotatable bonds is 10. The minimum atomic E-state index is 0.980. The topological polar surface area (TPSA) is 12.9 Å². The van der Waals surface area contributed by atoms with Crippen LogP contribution in [0.25, 0.3) is 64.8 Å². The summed E-state index contributed by atoms with van der Waals surface area (Å²) in [7, 11) is 0. The average molecular weight is 698 g/mol. The molecule has 0 atom stereocenters. The number of hydrogen-bond acceptors (Lipinski definition) is 2. The molecule has 0 aliphatic heterocycles. The highest BCUT2D eigenvalue weighted by molar-refractivity contribution is 7.25. The second kappa shape index (κ2) is 14.9. The summed E-state index contributed by atoms with van der Waals surface area (Å²) >= 11 is 1.86. The maximum atomic E-state index is 4.80. The molecule has 0 aliphatic carbocycles. The van der Waals surface area contributed by atoms with Gasteiger partial charge < -0.3 is 0 Å².